The van der Waals surface area contributed by atoms with E-state index in [1.807, 2.05) is 24.3 Å². The van der Waals surface area contributed by atoms with Crippen LogP contribution < -0.4 is 5.73 Å². The van der Waals surface area contributed by atoms with Crippen molar-refractivity contribution in [3.8, 4) is 0 Å². The fourth-order valence-electron chi connectivity index (χ4n) is 1.65. The van der Waals surface area contributed by atoms with Crippen molar-refractivity contribution in [1.82, 2.24) is 0 Å². The number of anilines is 1. The third-order valence-corrected chi connectivity index (χ3v) is 2.52. The number of nitrogens with two attached hydrogens (primary N) is 1. The first-order chi connectivity index (χ1) is 5.83. The van der Waals surface area contributed by atoms with E-state index in [9.17, 15) is 4.39 Å². The highest BCUT2D eigenvalue weighted by molar-refractivity contribution is 5.50. The molecule has 0 bridgehead atoms. The van der Waals surface area contributed by atoms with Crippen molar-refractivity contribution in [2.24, 2.45) is 5.92 Å². The highest BCUT2D eigenvalue weighted by atomic mass is 19.1. The van der Waals surface area contributed by atoms with Gasteiger partial charge in [0.05, 0.1) is 6.67 Å². The summed E-state index contributed by atoms with van der Waals surface area (Å²) in [6, 6.07) is 7.74. The van der Waals surface area contributed by atoms with Gasteiger partial charge in [-0.3, -0.25) is 4.39 Å². The summed E-state index contributed by atoms with van der Waals surface area (Å²) >= 11 is 0. The number of para-hydroxylation sites is 1. The molecule has 1 aromatic rings. The van der Waals surface area contributed by atoms with Crippen LogP contribution in [0.5, 0.6) is 0 Å². The Balaban J connectivity index is 2.19. The van der Waals surface area contributed by atoms with Gasteiger partial charge in [0, 0.05) is 5.69 Å². The molecule has 1 fully saturated rings. The molecule has 0 radical (unpaired) electrons. The lowest BCUT2D eigenvalue weighted by molar-refractivity contribution is 0.452. The summed E-state index contributed by atoms with van der Waals surface area (Å²) in [5.41, 5.74) is 7.69. The smallest absolute Gasteiger partial charge is 0.0928 e. The van der Waals surface area contributed by atoms with Gasteiger partial charge in [-0.2, -0.15) is 0 Å². The number of benzene rings is 1. The van der Waals surface area contributed by atoms with Crippen molar-refractivity contribution in [3.63, 3.8) is 0 Å². The Hall–Kier alpha value is -1.05. The zero-order chi connectivity index (χ0) is 8.55. The molecule has 1 nitrogen and oxygen atoms in total. The number of hydrogen-bond donors (Lipinski definition) is 1. The predicted molar refractivity (Wildman–Crippen MR) is 47.7 cm³/mol. The van der Waals surface area contributed by atoms with Crippen LogP contribution in [-0.4, -0.2) is 6.67 Å². The SMILES string of the molecule is Nc1ccccc1C1CC1CF. The van der Waals surface area contributed by atoms with Crippen LogP contribution in [0.1, 0.15) is 17.9 Å². The fraction of sp³-hybridized carbons (Fsp3) is 0.400. The molecule has 0 saturated heterocycles. The number of rotatable bonds is 2. The molecule has 12 heavy (non-hydrogen) atoms. The molecule has 1 saturated carbocycles. The first kappa shape index (κ1) is 7.59. The van der Waals surface area contributed by atoms with Gasteiger partial charge < -0.3 is 5.73 Å². The molecule has 1 aliphatic carbocycles. The Morgan fingerprint density at radius 2 is 2.17 bits per heavy atom. The minimum absolute atomic E-state index is 0.209. The highest BCUT2D eigenvalue weighted by Crippen LogP contribution is 2.49. The van der Waals surface area contributed by atoms with Crippen LogP contribution in [-0.2, 0) is 0 Å². The monoisotopic (exact) mass is 165 g/mol. The first-order valence-corrected chi connectivity index (χ1v) is 4.23. The van der Waals surface area contributed by atoms with E-state index in [2.05, 4.69) is 0 Å². The van der Waals surface area contributed by atoms with Crippen molar-refractivity contribution < 1.29 is 4.39 Å². The molecular formula is C10H12FN. The molecule has 0 amide bonds. The first-order valence-electron chi connectivity index (χ1n) is 4.23. The number of alkyl halides is 1. The zero-order valence-corrected chi connectivity index (χ0v) is 6.83. The van der Waals surface area contributed by atoms with E-state index in [1.54, 1.807) is 0 Å². The summed E-state index contributed by atoms with van der Waals surface area (Å²) in [7, 11) is 0. The third-order valence-electron chi connectivity index (χ3n) is 2.52. The van der Waals surface area contributed by atoms with Crippen LogP contribution in [0.15, 0.2) is 24.3 Å². The highest BCUT2D eigenvalue weighted by Gasteiger charge is 2.38. The van der Waals surface area contributed by atoms with E-state index in [0.29, 0.717) is 5.92 Å². The van der Waals surface area contributed by atoms with Gasteiger partial charge in [0.1, 0.15) is 0 Å². The standard InChI is InChI=1S/C10H12FN/c11-6-7-5-9(7)8-3-1-2-4-10(8)12/h1-4,7,9H,5-6,12H2. The molecule has 1 aliphatic rings. The number of nitrogen functional groups attached to an aromatic ring is 1. The maximum Gasteiger partial charge on any atom is 0.0928 e. The lowest BCUT2D eigenvalue weighted by Gasteiger charge is -2.02. The predicted octanol–water partition coefficient (Wildman–Crippen LogP) is 2.34. The van der Waals surface area contributed by atoms with Gasteiger partial charge in [-0.05, 0) is 29.9 Å². The van der Waals surface area contributed by atoms with E-state index >= 15 is 0 Å². The van der Waals surface area contributed by atoms with Gasteiger partial charge in [-0.25, -0.2) is 0 Å². The summed E-state index contributed by atoms with van der Waals surface area (Å²) in [4.78, 5) is 0. The van der Waals surface area contributed by atoms with Crippen molar-refractivity contribution in [3.05, 3.63) is 29.8 Å². The van der Waals surface area contributed by atoms with Crippen LogP contribution >= 0.6 is 0 Å². The quantitative estimate of drug-likeness (QED) is 0.669. The fourth-order valence-corrected chi connectivity index (χ4v) is 1.65. The van der Waals surface area contributed by atoms with Crippen molar-refractivity contribution in [1.29, 1.82) is 0 Å². The van der Waals surface area contributed by atoms with Gasteiger partial charge in [0.2, 0.25) is 0 Å². The van der Waals surface area contributed by atoms with E-state index in [-0.39, 0.29) is 12.6 Å². The van der Waals surface area contributed by atoms with Gasteiger partial charge in [0.15, 0.2) is 0 Å². The summed E-state index contributed by atoms with van der Waals surface area (Å²) in [6.45, 7) is -0.209. The third kappa shape index (κ3) is 1.17. The Morgan fingerprint density at radius 3 is 2.75 bits per heavy atom. The second kappa shape index (κ2) is 2.77. The Labute approximate surface area is 71.4 Å². The maximum absolute atomic E-state index is 12.2. The molecule has 0 aliphatic heterocycles. The van der Waals surface area contributed by atoms with Crippen LogP contribution in [0.25, 0.3) is 0 Å². The Kier molecular flexibility index (Phi) is 1.75. The minimum Gasteiger partial charge on any atom is -0.398 e. The van der Waals surface area contributed by atoms with Gasteiger partial charge in [0.25, 0.3) is 0 Å². The minimum atomic E-state index is -0.209. The number of hydrogen-bond acceptors (Lipinski definition) is 1. The van der Waals surface area contributed by atoms with Crippen LogP contribution in [0, 0.1) is 5.92 Å². The molecular weight excluding hydrogens is 153 g/mol. The van der Waals surface area contributed by atoms with Crippen molar-refractivity contribution >= 4 is 5.69 Å². The van der Waals surface area contributed by atoms with Crippen LogP contribution in [0.2, 0.25) is 0 Å². The molecule has 0 aromatic heterocycles. The van der Waals surface area contributed by atoms with E-state index in [4.69, 9.17) is 5.73 Å². The van der Waals surface area contributed by atoms with E-state index in [0.717, 1.165) is 17.7 Å². The largest absolute Gasteiger partial charge is 0.398 e. The average molecular weight is 165 g/mol. The number of halogens is 1. The van der Waals surface area contributed by atoms with E-state index in [1.165, 1.54) is 0 Å². The molecule has 1 aromatic carbocycles. The summed E-state index contributed by atoms with van der Waals surface area (Å²) in [6.07, 6.45) is 0.963. The lowest BCUT2D eigenvalue weighted by atomic mass is 10.1. The van der Waals surface area contributed by atoms with Crippen LogP contribution in [0.3, 0.4) is 0 Å². The zero-order valence-electron chi connectivity index (χ0n) is 6.83. The van der Waals surface area contributed by atoms with Crippen molar-refractivity contribution in [2.75, 3.05) is 12.4 Å². The molecule has 64 valence electrons. The summed E-state index contributed by atoms with van der Waals surface area (Å²) < 4.78 is 12.2. The maximum atomic E-state index is 12.2. The topological polar surface area (TPSA) is 26.0 Å². The van der Waals surface area contributed by atoms with Gasteiger partial charge in [-0.15, -0.1) is 0 Å². The van der Waals surface area contributed by atoms with E-state index < -0.39 is 0 Å². The summed E-state index contributed by atoms with van der Waals surface area (Å²) in [5.74, 6) is 0.617. The average Bonchev–Trinajstić information content (AvgIpc) is 2.84. The molecule has 2 rings (SSSR count). The molecule has 2 unspecified atom stereocenters. The Bertz CT molecular complexity index is 285. The van der Waals surface area contributed by atoms with Crippen LogP contribution in [0.4, 0.5) is 10.1 Å². The molecule has 0 spiro atoms. The van der Waals surface area contributed by atoms with Gasteiger partial charge in [-0.1, -0.05) is 18.2 Å². The summed E-state index contributed by atoms with van der Waals surface area (Å²) in [5, 5.41) is 0. The lowest BCUT2D eigenvalue weighted by Crippen LogP contribution is -1.93. The second-order valence-corrected chi connectivity index (χ2v) is 3.39. The van der Waals surface area contributed by atoms with Crippen molar-refractivity contribution in [2.45, 2.75) is 12.3 Å². The molecule has 2 N–H and O–H groups in total. The molecule has 2 heteroatoms. The normalized spacial score (nSPS) is 27.1. The Morgan fingerprint density at radius 1 is 1.42 bits per heavy atom. The second-order valence-electron chi connectivity index (χ2n) is 3.39. The molecule has 2 atom stereocenters. The van der Waals surface area contributed by atoms with Gasteiger partial charge >= 0.3 is 0 Å². The molecule has 0 heterocycles.